The van der Waals surface area contributed by atoms with Gasteiger partial charge in [0.2, 0.25) is 17.7 Å². The number of nitrogens with one attached hydrogen (secondary N) is 2. The van der Waals surface area contributed by atoms with E-state index < -0.39 is 54.3 Å². The highest BCUT2D eigenvalue weighted by Gasteiger charge is 2.30. The molecule has 0 aliphatic carbocycles. The summed E-state index contributed by atoms with van der Waals surface area (Å²) in [7, 11) is 0. The number of hydrogen-bond acceptors (Lipinski definition) is 7. The lowest BCUT2D eigenvalue weighted by molar-refractivity contribution is -0.145. The van der Waals surface area contributed by atoms with Crippen LogP contribution < -0.4 is 27.8 Å². The number of nitrogens with two attached hydrogens (primary N) is 3. The van der Waals surface area contributed by atoms with Crippen LogP contribution in [0.2, 0.25) is 0 Å². The van der Waals surface area contributed by atoms with Gasteiger partial charge in [-0.05, 0) is 32.7 Å². The Labute approximate surface area is 145 Å². The number of aliphatic hydroxyl groups is 1. The molecule has 25 heavy (non-hydrogen) atoms. The number of rotatable bonds is 12. The first-order valence-electron chi connectivity index (χ1n) is 7.85. The van der Waals surface area contributed by atoms with Gasteiger partial charge in [-0.1, -0.05) is 0 Å². The number of hydrogen-bond donors (Lipinski definition) is 7. The Balaban J connectivity index is 5.01. The lowest BCUT2D eigenvalue weighted by Crippen LogP contribution is -2.56. The number of aliphatic carboxylic acids is 1. The summed E-state index contributed by atoms with van der Waals surface area (Å²) in [6.07, 6.45) is -0.463. The largest absolute Gasteiger partial charge is 0.480 e. The fraction of sp³-hybridized carbons (Fsp3) is 0.714. The summed E-state index contributed by atoms with van der Waals surface area (Å²) >= 11 is 0. The van der Waals surface area contributed by atoms with Crippen molar-refractivity contribution in [1.82, 2.24) is 10.6 Å². The van der Waals surface area contributed by atoms with Crippen LogP contribution in [0.3, 0.4) is 0 Å². The van der Waals surface area contributed by atoms with Crippen LogP contribution >= 0.6 is 0 Å². The summed E-state index contributed by atoms with van der Waals surface area (Å²) in [5, 5.41) is 23.0. The molecule has 0 heterocycles. The quantitative estimate of drug-likeness (QED) is 0.175. The zero-order valence-electron chi connectivity index (χ0n) is 14.1. The van der Waals surface area contributed by atoms with Crippen molar-refractivity contribution in [3.63, 3.8) is 0 Å². The zero-order chi connectivity index (χ0) is 19.6. The maximum absolute atomic E-state index is 12.3. The summed E-state index contributed by atoms with van der Waals surface area (Å²) in [5.74, 6) is -3.74. The Morgan fingerprint density at radius 3 is 2.12 bits per heavy atom. The molecule has 11 nitrogen and oxygen atoms in total. The van der Waals surface area contributed by atoms with Crippen molar-refractivity contribution in [3.05, 3.63) is 0 Å². The van der Waals surface area contributed by atoms with Crippen LogP contribution in [-0.4, -0.2) is 64.7 Å². The minimum atomic E-state index is -1.53. The van der Waals surface area contributed by atoms with Crippen LogP contribution in [0.4, 0.5) is 0 Å². The third-order valence-electron chi connectivity index (χ3n) is 3.38. The molecule has 0 spiro atoms. The van der Waals surface area contributed by atoms with E-state index in [9.17, 15) is 24.3 Å². The van der Waals surface area contributed by atoms with E-state index in [0.717, 1.165) is 0 Å². The summed E-state index contributed by atoms with van der Waals surface area (Å²) < 4.78 is 0. The van der Waals surface area contributed by atoms with Gasteiger partial charge in [0.1, 0.15) is 6.04 Å². The van der Waals surface area contributed by atoms with E-state index in [1.165, 1.54) is 6.92 Å². The molecule has 0 aliphatic heterocycles. The minimum absolute atomic E-state index is 0.185. The fourth-order valence-electron chi connectivity index (χ4n) is 1.99. The number of carboxylic acids is 1. The number of unbranched alkanes of at least 4 members (excludes halogenated alkanes) is 1. The first-order valence-corrected chi connectivity index (χ1v) is 7.85. The molecule has 0 fully saturated rings. The van der Waals surface area contributed by atoms with Gasteiger partial charge in [0.25, 0.3) is 0 Å². The van der Waals surface area contributed by atoms with Crippen molar-refractivity contribution in [2.45, 2.75) is 56.8 Å². The Hall–Kier alpha value is -2.24. The van der Waals surface area contributed by atoms with Crippen LogP contribution in [-0.2, 0) is 19.2 Å². The molecule has 0 saturated heterocycles. The Morgan fingerprint density at radius 2 is 1.68 bits per heavy atom. The van der Waals surface area contributed by atoms with E-state index in [2.05, 4.69) is 10.6 Å². The highest BCUT2D eigenvalue weighted by molar-refractivity contribution is 5.93. The Morgan fingerprint density at radius 1 is 1.08 bits per heavy atom. The molecule has 0 saturated carbocycles. The van der Waals surface area contributed by atoms with Crippen molar-refractivity contribution in [3.8, 4) is 0 Å². The predicted molar refractivity (Wildman–Crippen MR) is 87.9 cm³/mol. The average molecular weight is 361 g/mol. The normalized spacial score (nSPS) is 15.5. The number of carbonyl (C=O) groups excluding carboxylic acids is 3. The van der Waals surface area contributed by atoms with Gasteiger partial charge >= 0.3 is 5.97 Å². The maximum atomic E-state index is 12.3. The Bertz CT molecular complexity index is 484. The molecule has 0 aromatic heterocycles. The Kier molecular flexibility index (Phi) is 10.3. The standard InChI is InChI=1S/C14H27N5O6/c1-7(20)11(14(24)25)19-13(23)9(4-2-3-5-15)18-12(22)8(16)6-10(17)21/h7-9,11,20H,2-6,15-16H2,1H3,(H2,17,21)(H,18,22)(H,19,23)(H,24,25)/t7-,8+,9+,11+/m1/s1. The van der Waals surface area contributed by atoms with E-state index in [1.807, 2.05) is 0 Å². The molecular formula is C14H27N5O6. The van der Waals surface area contributed by atoms with Gasteiger partial charge in [0.05, 0.1) is 18.6 Å². The molecule has 3 amide bonds. The first kappa shape index (κ1) is 22.8. The molecule has 0 aromatic rings. The van der Waals surface area contributed by atoms with Gasteiger partial charge in [-0.25, -0.2) is 4.79 Å². The second-order valence-electron chi connectivity index (χ2n) is 5.69. The first-order chi connectivity index (χ1) is 11.6. The smallest absolute Gasteiger partial charge is 0.328 e. The predicted octanol–water partition coefficient (Wildman–Crippen LogP) is -3.25. The molecule has 0 unspecified atom stereocenters. The van der Waals surface area contributed by atoms with Crippen molar-refractivity contribution >= 4 is 23.7 Å². The van der Waals surface area contributed by atoms with E-state index in [-0.39, 0.29) is 6.42 Å². The molecule has 0 rings (SSSR count). The highest BCUT2D eigenvalue weighted by Crippen LogP contribution is 2.04. The fourth-order valence-corrected chi connectivity index (χ4v) is 1.99. The molecule has 10 N–H and O–H groups in total. The van der Waals surface area contributed by atoms with Crippen LogP contribution in [0, 0.1) is 0 Å². The van der Waals surface area contributed by atoms with Crippen molar-refractivity contribution in [2.24, 2.45) is 17.2 Å². The third kappa shape index (κ3) is 8.98. The van der Waals surface area contributed by atoms with E-state index in [4.69, 9.17) is 22.3 Å². The van der Waals surface area contributed by atoms with Gasteiger partial charge in [-0.3, -0.25) is 14.4 Å². The highest BCUT2D eigenvalue weighted by atomic mass is 16.4. The number of primary amides is 1. The van der Waals surface area contributed by atoms with E-state index in [0.29, 0.717) is 19.4 Å². The summed E-state index contributed by atoms with van der Waals surface area (Å²) in [6.45, 7) is 1.60. The molecule has 4 atom stereocenters. The minimum Gasteiger partial charge on any atom is -0.480 e. The number of aliphatic hydroxyl groups excluding tert-OH is 1. The van der Waals surface area contributed by atoms with E-state index in [1.54, 1.807) is 0 Å². The monoisotopic (exact) mass is 361 g/mol. The van der Waals surface area contributed by atoms with Gasteiger partial charge in [-0.15, -0.1) is 0 Å². The average Bonchev–Trinajstić information content (AvgIpc) is 2.49. The van der Waals surface area contributed by atoms with Crippen molar-refractivity contribution in [2.75, 3.05) is 6.54 Å². The number of carboxylic acid groups (broad SMARTS) is 1. The van der Waals surface area contributed by atoms with Crippen LogP contribution in [0.5, 0.6) is 0 Å². The zero-order valence-corrected chi connectivity index (χ0v) is 14.1. The summed E-state index contributed by atoms with van der Waals surface area (Å²) in [4.78, 5) is 46.1. The lowest BCUT2D eigenvalue weighted by atomic mass is 10.1. The summed E-state index contributed by atoms with van der Waals surface area (Å²) in [6, 6.07) is -3.84. The van der Waals surface area contributed by atoms with Crippen LogP contribution in [0.15, 0.2) is 0 Å². The van der Waals surface area contributed by atoms with Gasteiger partial charge < -0.3 is 38.0 Å². The summed E-state index contributed by atoms with van der Waals surface area (Å²) in [5.41, 5.74) is 15.9. The second kappa shape index (κ2) is 11.3. The van der Waals surface area contributed by atoms with Crippen LogP contribution in [0.1, 0.15) is 32.6 Å². The van der Waals surface area contributed by atoms with Gasteiger partial charge in [-0.2, -0.15) is 0 Å². The lowest BCUT2D eigenvalue weighted by Gasteiger charge is -2.23. The molecule has 11 heteroatoms. The number of carbonyl (C=O) groups is 4. The number of amides is 3. The van der Waals surface area contributed by atoms with Gasteiger partial charge in [0.15, 0.2) is 6.04 Å². The topological polar surface area (TPSA) is 211 Å². The SMILES string of the molecule is C[C@@H](O)[C@H](NC(=O)[C@H](CCCCN)NC(=O)[C@@H](N)CC(N)=O)C(=O)O. The molecular weight excluding hydrogens is 334 g/mol. The second-order valence-corrected chi connectivity index (χ2v) is 5.69. The van der Waals surface area contributed by atoms with Crippen LogP contribution in [0.25, 0.3) is 0 Å². The van der Waals surface area contributed by atoms with Gasteiger partial charge in [0, 0.05) is 0 Å². The van der Waals surface area contributed by atoms with Crippen molar-refractivity contribution < 1.29 is 29.4 Å². The molecule has 0 bridgehead atoms. The molecule has 0 aliphatic rings. The van der Waals surface area contributed by atoms with Crippen molar-refractivity contribution in [1.29, 1.82) is 0 Å². The third-order valence-corrected chi connectivity index (χ3v) is 3.38. The molecule has 0 radical (unpaired) electrons. The molecule has 144 valence electrons. The molecule has 0 aromatic carbocycles. The maximum Gasteiger partial charge on any atom is 0.328 e. The van der Waals surface area contributed by atoms with E-state index >= 15 is 0 Å².